The molecule has 1 rings (SSSR count). The van der Waals surface area contributed by atoms with Crippen LogP contribution in [0.1, 0.15) is 26.3 Å². The first kappa shape index (κ1) is 10.5. The molecule has 0 amide bonds. The van der Waals surface area contributed by atoms with Crippen LogP contribution in [0.5, 0.6) is 0 Å². The highest BCUT2D eigenvalue weighted by atomic mass is 15.0. The van der Waals surface area contributed by atoms with Gasteiger partial charge in [-0.2, -0.15) is 5.26 Å². The summed E-state index contributed by atoms with van der Waals surface area (Å²) in [5.41, 5.74) is 0.637. The summed E-state index contributed by atoms with van der Waals surface area (Å²) in [4.78, 5) is 4.15. The predicted molar refractivity (Wildman–Crippen MR) is 56.9 cm³/mol. The lowest BCUT2D eigenvalue weighted by Crippen LogP contribution is -2.22. The third-order valence-electron chi connectivity index (χ3n) is 2.26. The molecule has 0 aliphatic heterocycles. The van der Waals surface area contributed by atoms with Crippen LogP contribution in [-0.2, 0) is 0 Å². The lowest BCUT2D eigenvalue weighted by atomic mass is 10.1. The van der Waals surface area contributed by atoms with Crippen molar-refractivity contribution in [1.82, 2.24) is 4.98 Å². The summed E-state index contributed by atoms with van der Waals surface area (Å²) in [5, 5.41) is 12.0. The first-order valence-corrected chi connectivity index (χ1v) is 4.76. The van der Waals surface area contributed by atoms with Gasteiger partial charge in [0.1, 0.15) is 5.82 Å². The minimum atomic E-state index is 0.358. The van der Waals surface area contributed by atoms with Crippen LogP contribution >= 0.6 is 0 Å². The molecule has 3 heteroatoms. The maximum atomic E-state index is 8.70. The van der Waals surface area contributed by atoms with Gasteiger partial charge in [0.2, 0.25) is 0 Å². The minimum Gasteiger partial charge on any atom is -0.367 e. The molecule has 14 heavy (non-hydrogen) atoms. The van der Waals surface area contributed by atoms with Gasteiger partial charge in [0, 0.05) is 12.2 Å². The van der Waals surface area contributed by atoms with E-state index < -0.39 is 0 Å². The maximum Gasteiger partial charge on any atom is 0.127 e. The van der Waals surface area contributed by atoms with Gasteiger partial charge in [-0.3, -0.25) is 0 Å². The second-order valence-electron chi connectivity index (χ2n) is 3.72. The van der Waals surface area contributed by atoms with Gasteiger partial charge in [-0.05, 0) is 25.0 Å². The molecule has 0 bridgehead atoms. The lowest BCUT2D eigenvalue weighted by Gasteiger charge is -2.17. The Morgan fingerprint density at radius 2 is 2.14 bits per heavy atom. The molecular weight excluding hydrogens is 174 g/mol. The van der Waals surface area contributed by atoms with E-state index in [1.54, 1.807) is 18.3 Å². The SMILES string of the molecule is CC(C)C(C)Nc1cc(C#N)ccn1. The van der Waals surface area contributed by atoms with Crippen LogP contribution in [0.2, 0.25) is 0 Å². The Morgan fingerprint density at radius 1 is 1.43 bits per heavy atom. The predicted octanol–water partition coefficient (Wildman–Crippen LogP) is 2.41. The molecule has 1 atom stereocenters. The van der Waals surface area contributed by atoms with E-state index in [0.717, 1.165) is 5.82 Å². The maximum absolute atomic E-state index is 8.70. The van der Waals surface area contributed by atoms with E-state index in [0.29, 0.717) is 17.5 Å². The van der Waals surface area contributed by atoms with Crippen molar-refractivity contribution in [3.63, 3.8) is 0 Å². The van der Waals surface area contributed by atoms with Crippen LogP contribution in [0, 0.1) is 17.2 Å². The second-order valence-corrected chi connectivity index (χ2v) is 3.72. The van der Waals surface area contributed by atoms with Gasteiger partial charge in [0.25, 0.3) is 0 Å². The summed E-state index contributed by atoms with van der Waals surface area (Å²) in [6.07, 6.45) is 1.65. The van der Waals surface area contributed by atoms with Gasteiger partial charge in [-0.25, -0.2) is 4.98 Å². The monoisotopic (exact) mass is 189 g/mol. The van der Waals surface area contributed by atoms with Gasteiger partial charge in [0.15, 0.2) is 0 Å². The Balaban J connectivity index is 2.73. The largest absolute Gasteiger partial charge is 0.367 e. The lowest BCUT2D eigenvalue weighted by molar-refractivity contribution is 0.558. The number of hydrogen-bond acceptors (Lipinski definition) is 3. The number of anilines is 1. The first-order valence-electron chi connectivity index (χ1n) is 4.76. The fourth-order valence-electron chi connectivity index (χ4n) is 0.979. The van der Waals surface area contributed by atoms with Crippen molar-refractivity contribution >= 4 is 5.82 Å². The van der Waals surface area contributed by atoms with Crippen molar-refractivity contribution in [2.75, 3.05) is 5.32 Å². The van der Waals surface area contributed by atoms with E-state index in [9.17, 15) is 0 Å². The van der Waals surface area contributed by atoms with Crippen LogP contribution < -0.4 is 5.32 Å². The first-order chi connectivity index (χ1) is 6.63. The van der Waals surface area contributed by atoms with Crippen LogP contribution in [0.4, 0.5) is 5.82 Å². The zero-order chi connectivity index (χ0) is 10.6. The van der Waals surface area contributed by atoms with Gasteiger partial charge in [0.05, 0.1) is 11.6 Å². The molecule has 1 N–H and O–H groups in total. The van der Waals surface area contributed by atoms with E-state index in [2.05, 4.69) is 37.1 Å². The van der Waals surface area contributed by atoms with Crippen LogP contribution in [0.3, 0.4) is 0 Å². The second kappa shape index (κ2) is 4.61. The minimum absolute atomic E-state index is 0.358. The summed E-state index contributed by atoms with van der Waals surface area (Å²) in [7, 11) is 0. The Hall–Kier alpha value is -1.56. The number of nitrogens with zero attached hydrogens (tertiary/aromatic N) is 2. The van der Waals surface area contributed by atoms with Gasteiger partial charge < -0.3 is 5.32 Å². The molecule has 1 heterocycles. The molecule has 74 valence electrons. The molecule has 0 aromatic carbocycles. The van der Waals surface area contributed by atoms with Crippen molar-refractivity contribution < 1.29 is 0 Å². The van der Waals surface area contributed by atoms with Crippen LogP contribution in [0.15, 0.2) is 18.3 Å². The summed E-state index contributed by atoms with van der Waals surface area (Å²) < 4.78 is 0. The zero-order valence-corrected chi connectivity index (χ0v) is 8.78. The number of aromatic nitrogens is 1. The Kier molecular flexibility index (Phi) is 3.47. The van der Waals surface area contributed by atoms with Crippen molar-refractivity contribution in [3.05, 3.63) is 23.9 Å². The number of hydrogen-bond donors (Lipinski definition) is 1. The van der Waals surface area contributed by atoms with Crippen molar-refractivity contribution in [3.8, 4) is 6.07 Å². The molecule has 3 nitrogen and oxygen atoms in total. The van der Waals surface area contributed by atoms with Crippen molar-refractivity contribution in [1.29, 1.82) is 5.26 Å². The molecule has 0 saturated carbocycles. The third kappa shape index (κ3) is 2.74. The van der Waals surface area contributed by atoms with Crippen LogP contribution in [0.25, 0.3) is 0 Å². The quantitative estimate of drug-likeness (QED) is 0.794. The summed E-state index contributed by atoms with van der Waals surface area (Å²) in [6.45, 7) is 6.39. The fraction of sp³-hybridized carbons (Fsp3) is 0.455. The van der Waals surface area contributed by atoms with Crippen LogP contribution in [-0.4, -0.2) is 11.0 Å². The number of rotatable bonds is 3. The fourth-order valence-corrected chi connectivity index (χ4v) is 0.979. The van der Waals surface area contributed by atoms with E-state index in [4.69, 9.17) is 5.26 Å². The number of pyridine rings is 1. The molecule has 1 aromatic rings. The zero-order valence-electron chi connectivity index (χ0n) is 8.78. The van der Waals surface area contributed by atoms with E-state index >= 15 is 0 Å². The Labute approximate surface area is 84.8 Å². The van der Waals surface area contributed by atoms with E-state index in [-0.39, 0.29) is 0 Å². The molecule has 1 unspecified atom stereocenters. The number of nitriles is 1. The molecule has 0 fully saturated rings. The topological polar surface area (TPSA) is 48.7 Å². The Morgan fingerprint density at radius 3 is 2.71 bits per heavy atom. The van der Waals surface area contributed by atoms with Crippen molar-refractivity contribution in [2.45, 2.75) is 26.8 Å². The smallest absolute Gasteiger partial charge is 0.127 e. The molecular formula is C11H15N3. The molecule has 0 radical (unpaired) electrons. The highest BCUT2D eigenvalue weighted by Crippen LogP contribution is 2.10. The summed E-state index contributed by atoms with van der Waals surface area (Å²) >= 11 is 0. The molecule has 0 aliphatic carbocycles. The molecule has 0 saturated heterocycles. The van der Waals surface area contributed by atoms with Gasteiger partial charge in [-0.1, -0.05) is 13.8 Å². The third-order valence-corrected chi connectivity index (χ3v) is 2.26. The Bertz CT molecular complexity index is 339. The van der Waals surface area contributed by atoms with E-state index in [1.807, 2.05) is 0 Å². The normalized spacial score (nSPS) is 12.2. The molecule has 0 aliphatic rings. The average Bonchev–Trinajstić information content (AvgIpc) is 2.18. The summed E-state index contributed by atoms with van der Waals surface area (Å²) in [6, 6.07) is 5.91. The molecule has 1 aromatic heterocycles. The molecule has 0 spiro atoms. The standard InChI is InChI=1S/C11H15N3/c1-8(2)9(3)14-11-6-10(7-12)4-5-13-11/h4-6,8-9H,1-3H3,(H,13,14). The van der Waals surface area contributed by atoms with Gasteiger partial charge in [-0.15, -0.1) is 0 Å². The van der Waals surface area contributed by atoms with Crippen molar-refractivity contribution in [2.24, 2.45) is 5.92 Å². The summed E-state index contributed by atoms with van der Waals surface area (Å²) in [5.74, 6) is 1.31. The highest BCUT2D eigenvalue weighted by Gasteiger charge is 2.07. The van der Waals surface area contributed by atoms with Gasteiger partial charge >= 0.3 is 0 Å². The van der Waals surface area contributed by atoms with E-state index in [1.165, 1.54) is 0 Å². The average molecular weight is 189 g/mol. The highest BCUT2D eigenvalue weighted by molar-refractivity contribution is 5.42. The number of nitrogens with one attached hydrogen (secondary N) is 1.